The second kappa shape index (κ2) is 10.2. The van der Waals surface area contributed by atoms with Crippen LogP contribution in [-0.4, -0.2) is 97.9 Å². The molecule has 0 radical (unpaired) electrons. The van der Waals surface area contributed by atoms with Gasteiger partial charge in [0.1, 0.15) is 5.69 Å². The number of piperazine rings is 2. The van der Waals surface area contributed by atoms with E-state index in [1.807, 2.05) is 23.9 Å². The third-order valence-electron chi connectivity index (χ3n) is 6.46. The lowest BCUT2D eigenvalue weighted by Crippen LogP contribution is -2.47. The maximum atomic E-state index is 12.8. The van der Waals surface area contributed by atoms with E-state index in [0.29, 0.717) is 43.1 Å². The molecular weight excluding hydrogens is 436 g/mol. The summed E-state index contributed by atoms with van der Waals surface area (Å²) in [7, 11) is 4.06. The molecule has 10 heteroatoms. The molecule has 2 aliphatic rings. The highest BCUT2D eigenvalue weighted by Gasteiger charge is 2.24. The molecule has 2 aromatic rings. The van der Waals surface area contributed by atoms with Crippen LogP contribution in [0.25, 0.3) is 0 Å². The Hall–Kier alpha value is -3.50. The van der Waals surface area contributed by atoms with Gasteiger partial charge in [-0.3, -0.25) is 19.7 Å². The van der Waals surface area contributed by atoms with Gasteiger partial charge in [0.15, 0.2) is 0 Å². The zero-order valence-electron chi connectivity index (χ0n) is 19.6. The fraction of sp³-hybridized carbons (Fsp3) is 0.417. The Morgan fingerprint density at radius 1 is 0.824 bits per heavy atom. The maximum Gasteiger partial charge on any atom is 0.293 e. The summed E-state index contributed by atoms with van der Waals surface area (Å²) in [5.74, 6) is -0.465. The number of nitro benzene ring substituents is 1. The van der Waals surface area contributed by atoms with Gasteiger partial charge in [-0.05, 0) is 50.5 Å². The summed E-state index contributed by atoms with van der Waals surface area (Å²) >= 11 is 0. The molecular formula is C24H30N6O4. The van der Waals surface area contributed by atoms with Crippen LogP contribution in [0.2, 0.25) is 0 Å². The molecule has 2 heterocycles. The first-order valence-electron chi connectivity index (χ1n) is 11.4. The summed E-state index contributed by atoms with van der Waals surface area (Å²) < 4.78 is 0. The van der Waals surface area contributed by atoms with Crippen molar-refractivity contribution in [2.75, 3.05) is 76.7 Å². The lowest BCUT2D eigenvalue weighted by molar-refractivity contribution is -0.384. The maximum absolute atomic E-state index is 12.8. The summed E-state index contributed by atoms with van der Waals surface area (Å²) in [5.41, 5.74) is 1.74. The Balaban J connectivity index is 1.43. The molecule has 2 amide bonds. The van der Waals surface area contributed by atoms with E-state index in [1.54, 1.807) is 36.4 Å². The fourth-order valence-corrected chi connectivity index (χ4v) is 4.22. The number of hydrogen-bond acceptors (Lipinski definition) is 7. The molecule has 10 nitrogen and oxygen atoms in total. The monoisotopic (exact) mass is 466 g/mol. The predicted molar refractivity (Wildman–Crippen MR) is 131 cm³/mol. The van der Waals surface area contributed by atoms with E-state index in [9.17, 15) is 19.7 Å². The number of carbonyl (C=O) groups is 2. The molecule has 1 N–H and O–H groups in total. The van der Waals surface area contributed by atoms with Gasteiger partial charge in [-0.2, -0.15) is 0 Å². The van der Waals surface area contributed by atoms with Crippen molar-refractivity contribution in [1.82, 2.24) is 14.7 Å². The predicted octanol–water partition coefficient (Wildman–Crippen LogP) is 1.99. The Labute approximate surface area is 198 Å². The number of amides is 2. The molecule has 2 saturated heterocycles. The summed E-state index contributed by atoms with van der Waals surface area (Å²) in [6, 6.07) is 11.3. The van der Waals surface area contributed by atoms with Gasteiger partial charge in [-0.15, -0.1) is 0 Å². The molecule has 0 aromatic heterocycles. The number of nitrogens with zero attached hydrogens (tertiary/aromatic N) is 5. The highest BCUT2D eigenvalue weighted by molar-refractivity contribution is 6.05. The third kappa shape index (κ3) is 5.35. The number of rotatable bonds is 5. The van der Waals surface area contributed by atoms with Gasteiger partial charge in [0.05, 0.1) is 4.92 Å². The normalized spacial score (nSPS) is 17.5. The van der Waals surface area contributed by atoms with E-state index in [1.165, 1.54) is 6.07 Å². The molecule has 0 atom stereocenters. The second-order valence-corrected chi connectivity index (χ2v) is 8.88. The third-order valence-corrected chi connectivity index (χ3v) is 6.46. The molecule has 0 bridgehead atoms. The number of likely N-dealkylation sites (N-methyl/N-ethyl adjacent to an activating group) is 2. The summed E-state index contributed by atoms with van der Waals surface area (Å²) in [6.07, 6.45) is 0. The topological polar surface area (TPSA) is 102 Å². The van der Waals surface area contributed by atoms with Crippen LogP contribution in [0, 0.1) is 10.1 Å². The van der Waals surface area contributed by atoms with E-state index in [2.05, 4.69) is 15.1 Å². The van der Waals surface area contributed by atoms with Gasteiger partial charge in [-0.25, -0.2) is 0 Å². The number of nitro groups is 1. The Bertz CT molecular complexity index is 1060. The van der Waals surface area contributed by atoms with Crippen LogP contribution in [0.4, 0.5) is 17.1 Å². The smallest absolute Gasteiger partial charge is 0.293 e. The summed E-state index contributed by atoms with van der Waals surface area (Å²) in [4.78, 5) is 44.9. The van der Waals surface area contributed by atoms with E-state index >= 15 is 0 Å². The van der Waals surface area contributed by atoms with E-state index in [4.69, 9.17) is 0 Å². The summed E-state index contributed by atoms with van der Waals surface area (Å²) in [6.45, 7) is 6.12. The first-order chi connectivity index (χ1) is 16.3. The van der Waals surface area contributed by atoms with Crippen LogP contribution < -0.4 is 10.2 Å². The molecule has 0 aliphatic carbocycles. The largest absolute Gasteiger partial charge is 0.363 e. The van der Waals surface area contributed by atoms with Gasteiger partial charge in [0.2, 0.25) is 0 Å². The summed E-state index contributed by atoms with van der Waals surface area (Å²) in [5, 5.41) is 14.5. The van der Waals surface area contributed by atoms with Crippen molar-refractivity contribution in [3.05, 3.63) is 63.7 Å². The minimum Gasteiger partial charge on any atom is -0.363 e. The molecule has 0 spiro atoms. The van der Waals surface area contributed by atoms with Crippen LogP contribution >= 0.6 is 0 Å². The lowest BCUT2D eigenvalue weighted by Gasteiger charge is -2.33. The van der Waals surface area contributed by atoms with Gasteiger partial charge in [-0.1, -0.05) is 0 Å². The van der Waals surface area contributed by atoms with Crippen LogP contribution in [0.15, 0.2) is 42.5 Å². The molecule has 2 aliphatic heterocycles. The highest BCUT2D eigenvalue weighted by Crippen LogP contribution is 2.30. The van der Waals surface area contributed by atoms with Gasteiger partial charge in [0, 0.05) is 75.2 Å². The van der Waals surface area contributed by atoms with Crippen LogP contribution in [-0.2, 0) is 0 Å². The lowest BCUT2D eigenvalue weighted by atomic mass is 10.1. The van der Waals surface area contributed by atoms with Crippen LogP contribution in [0.1, 0.15) is 20.7 Å². The van der Waals surface area contributed by atoms with Crippen LogP contribution in [0.3, 0.4) is 0 Å². The Morgan fingerprint density at radius 3 is 1.97 bits per heavy atom. The zero-order valence-corrected chi connectivity index (χ0v) is 19.6. The number of anilines is 2. The number of carbonyl (C=O) groups excluding carboxylic acids is 2. The molecule has 4 rings (SSSR count). The van der Waals surface area contributed by atoms with Gasteiger partial charge < -0.3 is 24.9 Å². The molecule has 34 heavy (non-hydrogen) atoms. The molecule has 2 aromatic carbocycles. The zero-order chi connectivity index (χ0) is 24.2. The first kappa shape index (κ1) is 23.7. The van der Waals surface area contributed by atoms with Crippen molar-refractivity contribution in [3.63, 3.8) is 0 Å². The number of nitrogens with one attached hydrogen (secondary N) is 1. The first-order valence-corrected chi connectivity index (χ1v) is 11.4. The average Bonchev–Trinajstić information content (AvgIpc) is 2.84. The second-order valence-electron chi connectivity index (χ2n) is 8.88. The van der Waals surface area contributed by atoms with Crippen molar-refractivity contribution >= 4 is 28.9 Å². The van der Waals surface area contributed by atoms with Crippen molar-refractivity contribution in [3.8, 4) is 0 Å². The van der Waals surface area contributed by atoms with Gasteiger partial charge >= 0.3 is 0 Å². The van der Waals surface area contributed by atoms with E-state index in [0.717, 1.165) is 26.2 Å². The SMILES string of the molecule is CN1CCN(C(=O)c2ccc(NC(=O)c3ccc(N4CCN(C)CC4)c([N+](=O)[O-])c3)cc2)CC1. The van der Waals surface area contributed by atoms with Gasteiger partial charge in [0.25, 0.3) is 17.5 Å². The van der Waals surface area contributed by atoms with Crippen molar-refractivity contribution in [2.45, 2.75) is 0 Å². The van der Waals surface area contributed by atoms with Crippen molar-refractivity contribution < 1.29 is 14.5 Å². The number of benzene rings is 2. The molecule has 0 unspecified atom stereocenters. The van der Waals surface area contributed by atoms with E-state index in [-0.39, 0.29) is 17.2 Å². The van der Waals surface area contributed by atoms with E-state index < -0.39 is 10.8 Å². The molecule has 0 saturated carbocycles. The minimum atomic E-state index is -0.441. The Kier molecular flexibility index (Phi) is 7.09. The quantitative estimate of drug-likeness (QED) is 0.531. The Morgan fingerprint density at radius 2 is 1.38 bits per heavy atom. The minimum absolute atomic E-state index is 0.0268. The molecule has 2 fully saturated rings. The standard InChI is InChI=1S/C24H30N6O4/c1-26-9-13-28(14-10-26)21-8-5-19(17-22(21)30(33)34)23(31)25-20-6-3-18(4-7-20)24(32)29-15-11-27(2)12-16-29/h3-8,17H,9-16H2,1-2H3,(H,25,31). The molecule has 180 valence electrons. The van der Waals surface area contributed by atoms with Crippen molar-refractivity contribution in [2.24, 2.45) is 0 Å². The highest BCUT2D eigenvalue weighted by atomic mass is 16.6. The number of hydrogen-bond donors (Lipinski definition) is 1. The average molecular weight is 467 g/mol. The van der Waals surface area contributed by atoms with Crippen molar-refractivity contribution in [1.29, 1.82) is 0 Å². The fourth-order valence-electron chi connectivity index (χ4n) is 4.22. The van der Waals surface area contributed by atoms with Crippen LogP contribution in [0.5, 0.6) is 0 Å².